The Hall–Kier alpha value is -1.14. The number of rotatable bonds is 10. The lowest BCUT2D eigenvalue weighted by molar-refractivity contribution is -0.137. The maximum atomic E-state index is 11.6. The van der Waals surface area contributed by atoms with Crippen molar-refractivity contribution in [3.05, 3.63) is 11.8 Å². The maximum absolute atomic E-state index is 11.6. The molecule has 1 N–H and O–H groups in total. The predicted molar refractivity (Wildman–Crippen MR) is 105 cm³/mol. The molecule has 5 nitrogen and oxygen atoms in total. The highest BCUT2D eigenvalue weighted by atomic mass is 28.4. The Labute approximate surface area is 154 Å². The summed E-state index contributed by atoms with van der Waals surface area (Å²) >= 11 is 0. The van der Waals surface area contributed by atoms with E-state index in [0.717, 1.165) is 32.1 Å². The molecule has 0 saturated carbocycles. The molecule has 0 aliphatic carbocycles. The lowest BCUT2D eigenvalue weighted by Gasteiger charge is -2.39. The van der Waals surface area contributed by atoms with Crippen LogP contribution in [0.3, 0.4) is 0 Å². The molecular weight excluding hydrogens is 334 g/mol. The van der Waals surface area contributed by atoms with Gasteiger partial charge in [-0.15, -0.1) is 0 Å². The van der Waals surface area contributed by atoms with Gasteiger partial charge in [-0.1, -0.05) is 40.2 Å². The van der Waals surface area contributed by atoms with Gasteiger partial charge in [0.25, 0.3) is 0 Å². The predicted octanol–water partition coefficient (Wildman–Crippen LogP) is 4.54. The molecule has 0 fully saturated rings. The number of unbranched alkanes of at least 4 members (excludes halogenated alkanes) is 2. The summed E-state index contributed by atoms with van der Waals surface area (Å²) in [5.74, 6) is -0.784. The van der Waals surface area contributed by atoms with Gasteiger partial charge >= 0.3 is 5.97 Å². The van der Waals surface area contributed by atoms with E-state index in [1.807, 2.05) is 0 Å². The number of carbonyl (C=O) groups excluding carboxylic acids is 2. The van der Waals surface area contributed by atoms with Crippen LogP contribution in [0.2, 0.25) is 18.1 Å². The molecule has 6 heteroatoms. The van der Waals surface area contributed by atoms with Gasteiger partial charge in [-0.25, -0.2) is 4.79 Å². The number of hydrogen-bond donors (Lipinski definition) is 1. The van der Waals surface area contributed by atoms with Gasteiger partial charge < -0.3 is 14.5 Å². The minimum atomic E-state index is -1.73. The van der Waals surface area contributed by atoms with Gasteiger partial charge in [-0.3, -0.25) is 4.79 Å². The van der Waals surface area contributed by atoms with Crippen molar-refractivity contribution in [3.8, 4) is 0 Å². The fourth-order valence-corrected chi connectivity index (χ4v) is 3.66. The summed E-state index contributed by atoms with van der Waals surface area (Å²) in [5.41, 5.74) is 0.222. The zero-order valence-electron chi connectivity index (χ0n) is 17.3. The molecule has 0 aliphatic heterocycles. The molecule has 0 saturated heterocycles. The summed E-state index contributed by atoms with van der Waals surface area (Å²) in [4.78, 5) is 22.7. The van der Waals surface area contributed by atoms with Gasteiger partial charge in [0.2, 0.25) is 5.91 Å². The van der Waals surface area contributed by atoms with Crippen molar-refractivity contribution in [1.82, 2.24) is 5.32 Å². The van der Waals surface area contributed by atoms with E-state index in [-0.39, 0.29) is 16.6 Å². The number of allylic oxidation sites excluding steroid dienone is 1. The third-order valence-electron chi connectivity index (χ3n) is 4.77. The first-order chi connectivity index (χ1) is 11.4. The minimum Gasteiger partial charge on any atom is -0.464 e. The Balaban J connectivity index is 4.46. The molecule has 0 aromatic carbocycles. The van der Waals surface area contributed by atoms with Crippen LogP contribution in [-0.2, 0) is 18.8 Å². The summed E-state index contributed by atoms with van der Waals surface area (Å²) in [5, 5.41) is 2.74. The normalized spacial score (nSPS) is 14.2. The second-order valence-corrected chi connectivity index (χ2v) is 12.7. The van der Waals surface area contributed by atoms with Crippen LogP contribution in [0.25, 0.3) is 0 Å². The summed E-state index contributed by atoms with van der Waals surface area (Å²) < 4.78 is 11.2. The van der Waals surface area contributed by atoms with Crippen molar-refractivity contribution in [2.45, 2.75) is 91.0 Å². The molecule has 25 heavy (non-hydrogen) atoms. The Morgan fingerprint density at radius 3 is 2.24 bits per heavy atom. The maximum Gasteiger partial charge on any atom is 0.354 e. The van der Waals surface area contributed by atoms with Crippen LogP contribution in [0, 0.1) is 0 Å². The monoisotopic (exact) mass is 371 g/mol. The van der Waals surface area contributed by atoms with Crippen molar-refractivity contribution in [2.75, 3.05) is 7.11 Å². The minimum absolute atomic E-state index is 0.219. The average Bonchev–Trinajstić information content (AvgIpc) is 2.49. The zero-order chi connectivity index (χ0) is 19.7. The Bertz CT molecular complexity index is 467. The number of amides is 1. The van der Waals surface area contributed by atoms with Gasteiger partial charge in [-0.05, 0) is 43.8 Å². The standard InChI is InChI=1S/C19H37NO4Si/c1-9-16(24-25(7,8)19(3,4)5)13-11-10-12-14-17(18(22)23-6)20-15(2)21/h14,16H,9-13H2,1-8H3,(H,20,21)/b17-14+/t16-/m1/s1. The van der Waals surface area contributed by atoms with Crippen LogP contribution in [0.1, 0.15) is 66.7 Å². The second-order valence-electron chi connectivity index (χ2n) is 7.98. The molecule has 0 unspecified atom stereocenters. The summed E-state index contributed by atoms with van der Waals surface area (Å²) in [7, 11) is -0.427. The zero-order valence-corrected chi connectivity index (χ0v) is 18.3. The molecule has 0 heterocycles. The fraction of sp³-hybridized carbons (Fsp3) is 0.789. The number of methoxy groups -OCH3 is 1. The van der Waals surface area contributed by atoms with Crippen LogP contribution < -0.4 is 5.32 Å². The van der Waals surface area contributed by atoms with Crippen molar-refractivity contribution in [2.24, 2.45) is 0 Å². The summed E-state index contributed by atoms with van der Waals surface area (Å²) in [6, 6.07) is 0. The molecule has 0 aliphatic rings. The van der Waals surface area contributed by atoms with Crippen molar-refractivity contribution >= 4 is 20.2 Å². The largest absolute Gasteiger partial charge is 0.464 e. The van der Waals surface area contributed by atoms with Crippen molar-refractivity contribution < 1.29 is 18.8 Å². The van der Waals surface area contributed by atoms with E-state index in [4.69, 9.17) is 4.43 Å². The molecule has 0 radical (unpaired) electrons. The Kier molecular flexibility index (Phi) is 10.3. The molecule has 1 atom stereocenters. The SMILES string of the molecule is CC[C@H](CCCC/C=C(/NC(C)=O)C(=O)OC)O[Si](C)(C)C(C)(C)C. The second kappa shape index (κ2) is 10.8. The quantitative estimate of drug-likeness (QED) is 0.265. The lowest BCUT2D eigenvalue weighted by atomic mass is 10.1. The number of esters is 1. The third-order valence-corrected chi connectivity index (χ3v) is 9.30. The van der Waals surface area contributed by atoms with Crippen LogP contribution in [0.5, 0.6) is 0 Å². The molecule has 0 spiro atoms. The number of hydrogen-bond acceptors (Lipinski definition) is 4. The molecule has 1 amide bonds. The fourth-order valence-electron chi connectivity index (χ4n) is 2.19. The topological polar surface area (TPSA) is 64.6 Å². The molecule has 0 aromatic heterocycles. The highest BCUT2D eigenvalue weighted by Crippen LogP contribution is 2.38. The van der Waals surface area contributed by atoms with E-state index in [1.165, 1.54) is 14.0 Å². The van der Waals surface area contributed by atoms with E-state index in [0.29, 0.717) is 6.10 Å². The average molecular weight is 372 g/mol. The Morgan fingerprint density at radius 2 is 1.80 bits per heavy atom. The smallest absolute Gasteiger partial charge is 0.354 e. The van der Waals surface area contributed by atoms with Crippen LogP contribution >= 0.6 is 0 Å². The van der Waals surface area contributed by atoms with Gasteiger partial charge in [0, 0.05) is 13.0 Å². The highest BCUT2D eigenvalue weighted by Gasteiger charge is 2.38. The van der Waals surface area contributed by atoms with Crippen LogP contribution in [0.15, 0.2) is 11.8 Å². The first kappa shape index (κ1) is 23.9. The van der Waals surface area contributed by atoms with Crippen LogP contribution in [-0.4, -0.2) is 33.4 Å². The lowest BCUT2D eigenvalue weighted by Crippen LogP contribution is -2.43. The number of ether oxygens (including phenoxy) is 1. The highest BCUT2D eigenvalue weighted by molar-refractivity contribution is 6.74. The van der Waals surface area contributed by atoms with E-state index in [2.05, 4.69) is 50.8 Å². The Morgan fingerprint density at radius 1 is 1.20 bits per heavy atom. The van der Waals surface area contributed by atoms with Gasteiger partial charge in [0.15, 0.2) is 8.32 Å². The number of nitrogens with one attached hydrogen (secondary N) is 1. The van der Waals surface area contributed by atoms with E-state index < -0.39 is 14.3 Å². The first-order valence-electron chi connectivity index (χ1n) is 9.18. The summed E-state index contributed by atoms with van der Waals surface area (Å²) in [6.45, 7) is 14.9. The first-order valence-corrected chi connectivity index (χ1v) is 12.1. The van der Waals surface area contributed by atoms with E-state index in [1.54, 1.807) is 6.08 Å². The third kappa shape index (κ3) is 9.21. The molecule has 0 aromatic rings. The van der Waals surface area contributed by atoms with Crippen molar-refractivity contribution in [3.63, 3.8) is 0 Å². The van der Waals surface area contributed by atoms with Crippen molar-refractivity contribution in [1.29, 1.82) is 0 Å². The van der Waals surface area contributed by atoms with E-state index >= 15 is 0 Å². The van der Waals surface area contributed by atoms with Gasteiger partial charge in [0.1, 0.15) is 5.70 Å². The molecule has 0 bridgehead atoms. The van der Waals surface area contributed by atoms with Gasteiger partial charge in [-0.2, -0.15) is 0 Å². The van der Waals surface area contributed by atoms with Crippen LogP contribution in [0.4, 0.5) is 0 Å². The summed E-state index contributed by atoms with van der Waals surface area (Å²) in [6.07, 6.45) is 6.76. The van der Waals surface area contributed by atoms with E-state index in [9.17, 15) is 9.59 Å². The van der Waals surface area contributed by atoms with Gasteiger partial charge in [0.05, 0.1) is 7.11 Å². The molecular formula is C19H37NO4Si. The molecule has 0 rings (SSSR count). The number of carbonyl (C=O) groups is 2. The molecule has 146 valence electrons.